The van der Waals surface area contributed by atoms with Gasteiger partial charge in [-0.25, -0.2) is 0 Å². The Morgan fingerprint density at radius 1 is 0.929 bits per heavy atom. The van der Waals surface area contributed by atoms with Crippen molar-refractivity contribution in [3.8, 4) is 5.75 Å². The zero-order valence-electron chi connectivity index (χ0n) is 15.8. The molecule has 142 valence electrons. The first kappa shape index (κ1) is 18.2. The quantitative estimate of drug-likeness (QED) is 0.635. The van der Waals surface area contributed by atoms with Gasteiger partial charge >= 0.3 is 0 Å². The molecule has 5 nitrogen and oxygen atoms in total. The first-order chi connectivity index (χ1) is 13.8. The van der Waals surface area contributed by atoms with Crippen molar-refractivity contribution in [2.45, 2.75) is 32.4 Å². The Morgan fingerprint density at radius 3 is 2.57 bits per heavy atom. The van der Waals surface area contributed by atoms with E-state index in [1.807, 2.05) is 30.3 Å². The van der Waals surface area contributed by atoms with Crippen LogP contribution in [0.4, 0.5) is 0 Å². The first-order valence-corrected chi connectivity index (χ1v) is 9.58. The van der Waals surface area contributed by atoms with Crippen molar-refractivity contribution < 1.29 is 9.53 Å². The van der Waals surface area contributed by atoms with Crippen LogP contribution in [0.25, 0.3) is 0 Å². The highest BCUT2D eigenvalue weighted by Crippen LogP contribution is 2.26. The Labute approximate surface area is 165 Å². The van der Waals surface area contributed by atoms with E-state index in [0.717, 1.165) is 29.7 Å². The van der Waals surface area contributed by atoms with Gasteiger partial charge in [0.05, 0.1) is 0 Å². The van der Waals surface area contributed by atoms with Crippen LogP contribution in [0.1, 0.15) is 28.7 Å². The van der Waals surface area contributed by atoms with Crippen LogP contribution in [0.5, 0.6) is 5.75 Å². The van der Waals surface area contributed by atoms with E-state index in [-0.39, 0.29) is 12.5 Å². The number of rotatable bonds is 7. The number of nitrogens with zero attached hydrogens (tertiary/aromatic N) is 3. The second-order valence-corrected chi connectivity index (χ2v) is 7.04. The second-order valence-electron chi connectivity index (χ2n) is 7.04. The van der Waals surface area contributed by atoms with Crippen LogP contribution in [0, 0.1) is 0 Å². The monoisotopic (exact) mass is 373 g/mol. The number of hydrogen-bond donors (Lipinski definition) is 0. The maximum Gasteiger partial charge on any atom is 0.261 e. The summed E-state index contributed by atoms with van der Waals surface area (Å²) in [6.07, 6.45) is 10.4. The molecule has 0 unspecified atom stereocenters. The fourth-order valence-electron chi connectivity index (χ4n) is 3.53. The maximum absolute atomic E-state index is 12.9. The largest absolute Gasteiger partial charge is 0.484 e. The number of carbonyl (C=O) groups excluding carboxylic acids is 1. The summed E-state index contributed by atoms with van der Waals surface area (Å²) in [5, 5.41) is 0. The molecule has 1 amide bonds. The SMILES string of the molecule is O=C(COc1ccc2c(c1)CCC2)N(Cc1ccncc1)Cc1cccnc1. The van der Waals surface area contributed by atoms with Crippen LogP contribution in [-0.4, -0.2) is 27.4 Å². The Bertz CT molecular complexity index is 888. The third-order valence-corrected chi connectivity index (χ3v) is 5.00. The summed E-state index contributed by atoms with van der Waals surface area (Å²) in [6, 6.07) is 13.9. The predicted molar refractivity (Wildman–Crippen MR) is 107 cm³/mol. The van der Waals surface area contributed by atoms with E-state index in [2.05, 4.69) is 22.1 Å². The number of aromatic nitrogens is 2. The van der Waals surface area contributed by atoms with Crippen molar-refractivity contribution in [3.63, 3.8) is 0 Å². The number of benzene rings is 1. The molecule has 1 aromatic carbocycles. The molecule has 28 heavy (non-hydrogen) atoms. The molecule has 1 aliphatic carbocycles. The van der Waals surface area contributed by atoms with Crippen molar-refractivity contribution in [3.05, 3.63) is 89.5 Å². The number of pyridine rings is 2. The molecule has 3 aromatic rings. The zero-order chi connectivity index (χ0) is 19.2. The lowest BCUT2D eigenvalue weighted by atomic mass is 10.1. The Morgan fingerprint density at radius 2 is 1.75 bits per heavy atom. The smallest absolute Gasteiger partial charge is 0.261 e. The normalized spacial score (nSPS) is 12.4. The average Bonchev–Trinajstić information content (AvgIpc) is 3.21. The highest BCUT2D eigenvalue weighted by Gasteiger charge is 2.17. The molecule has 4 rings (SSSR count). The van der Waals surface area contributed by atoms with Gasteiger partial charge in [0, 0.05) is 37.9 Å². The summed E-state index contributed by atoms with van der Waals surface area (Å²) in [5.41, 5.74) is 4.76. The number of fused-ring (bicyclic) bond motifs is 1. The number of aryl methyl sites for hydroxylation is 2. The lowest BCUT2D eigenvalue weighted by molar-refractivity contribution is -0.134. The van der Waals surface area contributed by atoms with Gasteiger partial charge in [0.1, 0.15) is 5.75 Å². The Balaban J connectivity index is 1.44. The lowest BCUT2D eigenvalue weighted by Gasteiger charge is -2.23. The third-order valence-electron chi connectivity index (χ3n) is 5.00. The molecule has 1 aliphatic rings. The number of hydrogen-bond acceptors (Lipinski definition) is 4. The van der Waals surface area contributed by atoms with E-state index >= 15 is 0 Å². The van der Waals surface area contributed by atoms with Gasteiger partial charge in [0.25, 0.3) is 5.91 Å². The van der Waals surface area contributed by atoms with E-state index in [0.29, 0.717) is 13.1 Å². The van der Waals surface area contributed by atoms with Gasteiger partial charge in [-0.2, -0.15) is 0 Å². The molecular weight excluding hydrogens is 350 g/mol. The molecule has 0 atom stereocenters. The molecule has 0 aliphatic heterocycles. The minimum absolute atomic E-state index is 0.0180. The summed E-state index contributed by atoms with van der Waals surface area (Å²) >= 11 is 0. The molecule has 2 aromatic heterocycles. The molecule has 0 saturated heterocycles. The molecule has 0 radical (unpaired) electrons. The van der Waals surface area contributed by atoms with Gasteiger partial charge in [-0.1, -0.05) is 12.1 Å². The van der Waals surface area contributed by atoms with Crippen LogP contribution in [0.2, 0.25) is 0 Å². The van der Waals surface area contributed by atoms with Crippen LogP contribution in [0.3, 0.4) is 0 Å². The first-order valence-electron chi connectivity index (χ1n) is 9.58. The van der Waals surface area contributed by atoms with Crippen molar-refractivity contribution in [2.24, 2.45) is 0 Å². The Hall–Kier alpha value is -3.21. The molecule has 2 heterocycles. The van der Waals surface area contributed by atoms with E-state index in [1.54, 1.807) is 29.7 Å². The fourth-order valence-corrected chi connectivity index (χ4v) is 3.53. The summed E-state index contributed by atoms with van der Waals surface area (Å²) in [6.45, 7) is 1.01. The highest BCUT2D eigenvalue weighted by molar-refractivity contribution is 5.77. The van der Waals surface area contributed by atoms with Gasteiger partial charge in [0.15, 0.2) is 6.61 Å². The van der Waals surface area contributed by atoms with Gasteiger partial charge in [-0.05, 0) is 71.8 Å². The molecule has 5 heteroatoms. The highest BCUT2D eigenvalue weighted by atomic mass is 16.5. The zero-order valence-corrected chi connectivity index (χ0v) is 15.8. The molecule has 0 spiro atoms. The van der Waals surface area contributed by atoms with E-state index in [4.69, 9.17) is 4.74 Å². The van der Waals surface area contributed by atoms with Gasteiger partial charge in [0.2, 0.25) is 0 Å². The van der Waals surface area contributed by atoms with E-state index in [1.165, 1.54) is 17.5 Å². The maximum atomic E-state index is 12.9. The van der Waals surface area contributed by atoms with E-state index < -0.39 is 0 Å². The second kappa shape index (κ2) is 8.65. The minimum atomic E-state index is -0.0545. The third kappa shape index (κ3) is 4.55. The standard InChI is InChI=1S/C23H23N3O2/c27-23(17-28-22-7-6-20-4-1-5-21(20)13-22)26(15-18-8-11-24-12-9-18)16-19-3-2-10-25-14-19/h2-3,6-14H,1,4-5,15-17H2. The van der Waals surface area contributed by atoms with Gasteiger partial charge in [-0.3, -0.25) is 14.8 Å². The van der Waals surface area contributed by atoms with Gasteiger partial charge in [-0.15, -0.1) is 0 Å². The summed E-state index contributed by atoms with van der Waals surface area (Å²) in [7, 11) is 0. The van der Waals surface area contributed by atoms with Crippen molar-refractivity contribution in [1.29, 1.82) is 0 Å². The lowest BCUT2D eigenvalue weighted by Crippen LogP contribution is -2.34. The molecule has 0 N–H and O–H groups in total. The number of ether oxygens (including phenoxy) is 1. The van der Waals surface area contributed by atoms with Crippen molar-refractivity contribution in [2.75, 3.05) is 6.61 Å². The minimum Gasteiger partial charge on any atom is -0.484 e. The van der Waals surface area contributed by atoms with Crippen LogP contribution >= 0.6 is 0 Å². The molecule has 0 saturated carbocycles. The molecule has 0 fully saturated rings. The van der Waals surface area contributed by atoms with E-state index in [9.17, 15) is 4.79 Å². The van der Waals surface area contributed by atoms with Crippen LogP contribution < -0.4 is 4.74 Å². The van der Waals surface area contributed by atoms with Gasteiger partial charge < -0.3 is 9.64 Å². The average molecular weight is 373 g/mol. The molecule has 0 bridgehead atoms. The molecular formula is C23H23N3O2. The van der Waals surface area contributed by atoms with Crippen molar-refractivity contribution >= 4 is 5.91 Å². The summed E-state index contributed by atoms with van der Waals surface area (Å²) in [5.74, 6) is 0.709. The predicted octanol–water partition coefficient (Wildman–Crippen LogP) is 3.57. The fraction of sp³-hybridized carbons (Fsp3) is 0.261. The number of carbonyl (C=O) groups is 1. The topological polar surface area (TPSA) is 55.3 Å². The van der Waals surface area contributed by atoms with Crippen LogP contribution in [0.15, 0.2) is 67.3 Å². The van der Waals surface area contributed by atoms with Crippen LogP contribution in [-0.2, 0) is 30.7 Å². The number of amides is 1. The van der Waals surface area contributed by atoms with Crippen molar-refractivity contribution in [1.82, 2.24) is 14.9 Å². The summed E-state index contributed by atoms with van der Waals surface area (Å²) < 4.78 is 5.83. The Kier molecular flexibility index (Phi) is 5.61. The summed E-state index contributed by atoms with van der Waals surface area (Å²) in [4.78, 5) is 22.9.